The van der Waals surface area contributed by atoms with Crippen molar-refractivity contribution in [3.8, 4) is 17.2 Å². The Morgan fingerprint density at radius 3 is 2.00 bits per heavy atom. The van der Waals surface area contributed by atoms with E-state index in [0.29, 0.717) is 4.48 Å². The number of aromatic nitrogens is 3. The topological polar surface area (TPSA) is 35.2 Å². The first kappa shape index (κ1) is 29.0. The van der Waals surface area contributed by atoms with Gasteiger partial charge in [0.2, 0.25) is 5.82 Å². The SMILES string of the molecule is C[N@@+]12[CH-][N@@+](c3cccc(N4c5ccccc5Oc5ccc(-n6c7ccccc7c7cccnc76)cc54)c3)(C=C1n1c3ccccc3c3ccccc31)C2. The Kier molecular flexibility index (Phi) is 5.59. The predicted octanol–water partition coefficient (Wildman–Crippen LogP) is 11.2. The summed E-state index contributed by atoms with van der Waals surface area (Å²) in [5.74, 6) is 2.92. The monoisotopic (exact) mass is 685 g/mol. The lowest BCUT2D eigenvalue weighted by atomic mass is 10.1. The highest BCUT2D eigenvalue weighted by Gasteiger charge is 2.57. The highest BCUT2D eigenvalue weighted by molar-refractivity contribution is 6.10. The lowest BCUT2D eigenvalue weighted by molar-refractivity contribution is -0.864. The van der Waals surface area contributed by atoms with E-state index >= 15 is 0 Å². The van der Waals surface area contributed by atoms with Crippen LogP contribution in [-0.4, -0.2) is 32.3 Å². The molecule has 0 amide bonds. The van der Waals surface area contributed by atoms with Gasteiger partial charge in [0.25, 0.3) is 0 Å². The summed E-state index contributed by atoms with van der Waals surface area (Å²) in [5.41, 5.74) is 9.86. The quantitative estimate of drug-likeness (QED) is 0.137. The molecule has 1 fully saturated rings. The van der Waals surface area contributed by atoms with Gasteiger partial charge in [0, 0.05) is 39.5 Å². The van der Waals surface area contributed by atoms with Gasteiger partial charge in [-0.05, 0) is 72.8 Å². The molecule has 252 valence electrons. The number of benzene rings is 6. The minimum Gasteiger partial charge on any atom is -0.453 e. The van der Waals surface area contributed by atoms with Gasteiger partial charge in [0.05, 0.1) is 47.3 Å². The summed E-state index contributed by atoms with van der Waals surface area (Å²) in [6.45, 7) is 3.37. The third-order valence-corrected chi connectivity index (χ3v) is 11.4. The Morgan fingerprint density at radius 2 is 1.23 bits per heavy atom. The first-order chi connectivity index (χ1) is 26.1. The number of para-hydroxylation sites is 5. The van der Waals surface area contributed by atoms with Gasteiger partial charge in [0.1, 0.15) is 11.3 Å². The molecule has 0 unspecified atom stereocenters. The highest BCUT2D eigenvalue weighted by Crippen LogP contribution is 2.55. The minimum atomic E-state index is 0.673. The Balaban J connectivity index is 1.01. The van der Waals surface area contributed by atoms with Crippen LogP contribution < -0.4 is 14.1 Å². The molecule has 1 saturated heterocycles. The Bertz CT molecular complexity index is 2930. The van der Waals surface area contributed by atoms with E-state index in [4.69, 9.17) is 9.72 Å². The molecule has 0 spiro atoms. The molecule has 0 saturated carbocycles. The average Bonchev–Trinajstić information content (AvgIpc) is 3.89. The molecule has 7 nitrogen and oxygen atoms in total. The second-order valence-electron chi connectivity index (χ2n) is 14.6. The molecule has 2 bridgehead atoms. The lowest BCUT2D eigenvalue weighted by Gasteiger charge is -2.55. The van der Waals surface area contributed by atoms with E-state index in [1.165, 1.54) is 38.7 Å². The zero-order chi connectivity index (χ0) is 34.9. The predicted molar refractivity (Wildman–Crippen MR) is 214 cm³/mol. The van der Waals surface area contributed by atoms with Gasteiger partial charge in [-0.1, -0.05) is 72.8 Å². The Labute approximate surface area is 305 Å². The van der Waals surface area contributed by atoms with Crippen LogP contribution in [0.4, 0.5) is 22.7 Å². The van der Waals surface area contributed by atoms with Crippen molar-refractivity contribution in [1.29, 1.82) is 0 Å². The van der Waals surface area contributed by atoms with E-state index in [1.54, 1.807) is 0 Å². The number of quaternary nitrogens is 2. The number of ether oxygens (including phenoxy) is 1. The lowest BCUT2D eigenvalue weighted by Crippen LogP contribution is -2.66. The molecule has 53 heavy (non-hydrogen) atoms. The molecule has 6 aromatic carbocycles. The van der Waals surface area contributed by atoms with Crippen molar-refractivity contribution >= 4 is 72.3 Å². The summed E-state index contributed by atoms with van der Waals surface area (Å²) in [5, 5.41) is 4.88. The molecule has 0 radical (unpaired) electrons. The molecular weight excluding hydrogens is 653 g/mol. The molecular formula is C46H33N6O+. The number of rotatable bonds is 4. The molecule has 0 N–H and O–H groups in total. The first-order valence-electron chi connectivity index (χ1n) is 18.1. The molecule has 7 heteroatoms. The molecule has 0 aliphatic carbocycles. The van der Waals surface area contributed by atoms with Crippen molar-refractivity contribution in [3.63, 3.8) is 0 Å². The van der Waals surface area contributed by atoms with E-state index in [2.05, 4.69) is 173 Å². The van der Waals surface area contributed by atoms with Gasteiger partial charge in [-0.2, -0.15) is 0 Å². The zero-order valence-electron chi connectivity index (χ0n) is 29.0. The molecule has 9 aromatic rings. The summed E-state index contributed by atoms with van der Waals surface area (Å²) < 4.78 is 12.7. The van der Waals surface area contributed by atoms with Crippen molar-refractivity contribution in [2.24, 2.45) is 0 Å². The van der Waals surface area contributed by atoms with E-state index in [0.717, 1.165) is 62.0 Å². The third kappa shape index (κ3) is 3.87. The fourth-order valence-electron chi connectivity index (χ4n) is 9.25. The second kappa shape index (κ2) is 10.2. The summed E-state index contributed by atoms with van der Waals surface area (Å²) in [6.07, 6.45) is 4.32. The summed E-state index contributed by atoms with van der Waals surface area (Å²) in [4.78, 5) is 7.20. The van der Waals surface area contributed by atoms with Crippen LogP contribution in [0.25, 0.3) is 55.3 Å². The van der Waals surface area contributed by atoms with Crippen LogP contribution in [-0.2, 0) is 0 Å². The van der Waals surface area contributed by atoms with Crippen molar-refractivity contribution in [2.45, 2.75) is 0 Å². The highest BCUT2D eigenvalue weighted by atomic mass is 16.5. The fourth-order valence-corrected chi connectivity index (χ4v) is 9.25. The van der Waals surface area contributed by atoms with Gasteiger partial charge in [0.15, 0.2) is 24.4 Å². The smallest absolute Gasteiger partial charge is 0.247 e. The first-order valence-corrected chi connectivity index (χ1v) is 18.1. The van der Waals surface area contributed by atoms with Crippen molar-refractivity contribution in [1.82, 2.24) is 18.6 Å². The number of hydrogen-bond donors (Lipinski definition) is 0. The normalized spacial score (nSPS) is 20.0. The Hall–Kier alpha value is -6.67. The van der Waals surface area contributed by atoms with Crippen LogP contribution in [0.2, 0.25) is 0 Å². The van der Waals surface area contributed by atoms with E-state index in [-0.39, 0.29) is 0 Å². The van der Waals surface area contributed by atoms with Crippen LogP contribution in [0.15, 0.2) is 164 Å². The summed E-state index contributed by atoms with van der Waals surface area (Å²) in [6, 6.07) is 54.0. The van der Waals surface area contributed by atoms with Crippen molar-refractivity contribution in [3.05, 3.63) is 171 Å². The molecule has 3 aromatic heterocycles. The van der Waals surface area contributed by atoms with Gasteiger partial charge in [-0.15, -0.1) is 0 Å². The van der Waals surface area contributed by atoms with Gasteiger partial charge < -0.3 is 14.1 Å². The third-order valence-electron chi connectivity index (χ3n) is 11.4. The van der Waals surface area contributed by atoms with E-state index < -0.39 is 0 Å². The maximum absolute atomic E-state index is 6.58. The standard InChI is InChI=1S/C46H33N6O/c1-51-29-52(30-51,28-45(51)50-39-19-6-2-14-34(39)35-15-3-7-20-40(35)50)33-13-10-12-31(26-33)48-41-21-8-9-22-43(41)53-44-24-23-32(27-42(44)48)49-38-18-5-4-16-36(38)37-17-11-25-47-46(37)49/h2-29H,30H2,1H3/q+1/t51-,52-/m0/s1. The minimum absolute atomic E-state index is 0.673. The van der Waals surface area contributed by atoms with Crippen LogP contribution >= 0.6 is 0 Å². The van der Waals surface area contributed by atoms with E-state index in [9.17, 15) is 0 Å². The van der Waals surface area contributed by atoms with Crippen molar-refractivity contribution < 1.29 is 9.22 Å². The maximum atomic E-state index is 6.58. The molecule has 4 aliphatic heterocycles. The second-order valence-corrected chi connectivity index (χ2v) is 14.6. The number of nitrogens with zero attached hydrogens (tertiary/aromatic N) is 6. The van der Waals surface area contributed by atoms with Crippen molar-refractivity contribution in [2.75, 3.05) is 18.6 Å². The van der Waals surface area contributed by atoms with Gasteiger partial charge >= 0.3 is 0 Å². The van der Waals surface area contributed by atoms with E-state index in [1.807, 2.05) is 18.3 Å². The summed E-state index contributed by atoms with van der Waals surface area (Å²) >= 11 is 0. The number of fused-ring (bicyclic) bond motifs is 8. The fraction of sp³-hybridized carbons (Fsp3) is 0.0435. The molecule has 4 aliphatic rings. The van der Waals surface area contributed by atoms with Crippen LogP contribution in [0.5, 0.6) is 11.5 Å². The van der Waals surface area contributed by atoms with Gasteiger partial charge in [-0.25, -0.2) is 4.98 Å². The molecule has 13 rings (SSSR count). The summed E-state index contributed by atoms with van der Waals surface area (Å²) in [7, 11) is 2.32. The Morgan fingerprint density at radius 1 is 0.585 bits per heavy atom. The largest absolute Gasteiger partial charge is 0.453 e. The number of anilines is 3. The maximum Gasteiger partial charge on any atom is 0.247 e. The number of pyridine rings is 1. The van der Waals surface area contributed by atoms with Crippen LogP contribution in [0, 0.1) is 6.67 Å². The number of hydrogen-bond acceptors (Lipinski definition) is 3. The molecule has 7 heterocycles. The zero-order valence-corrected chi connectivity index (χ0v) is 29.0. The average molecular weight is 686 g/mol. The van der Waals surface area contributed by atoms with Gasteiger partial charge in [-0.3, -0.25) is 13.6 Å². The van der Waals surface area contributed by atoms with Crippen LogP contribution in [0.3, 0.4) is 0 Å². The van der Waals surface area contributed by atoms with Crippen LogP contribution in [0.1, 0.15) is 0 Å². The molecule has 2 atom stereocenters.